The van der Waals surface area contributed by atoms with E-state index in [2.05, 4.69) is 9.88 Å². The minimum Gasteiger partial charge on any atom is -0.494 e. The first-order valence-electron chi connectivity index (χ1n) is 11.1. The molecule has 0 spiro atoms. The van der Waals surface area contributed by atoms with Crippen LogP contribution in [0.2, 0.25) is 0 Å². The smallest absolute Gasteiger partial charge is 0.292 e. The standard InChI is InChI=1S/C24H26N4O6S/c1-3-33-20-9-7-19(8-10-20)26-35(31,32)21-6-4-5-18(16-21)23(29)27-11-13-28(14-12-27)24(30)22-15-17(2)25-34-22/h4-10,15-16,26H,3,11-14H2,1-2H3. The van der Waals surface area contributed by atoms with Crippen LogP contribution in [0.5, 0.6) is 5.75 Å². The fraction of sp³-hybridized carbons (Fsp3) is 0.292. The van der Waals surface area contributed by atoms with Gasteiger partial charge in [-0.05, 0) is 56.3 Å². The van der Waals surface area contributed by atoms with Crippen molar-refractivity contribution in [2.45, 2.75) is 18.7 Å². The first-order valence-corrected chi connectivity index (χ1v) is 12.6. The Labute approximate surface area is 203 Å². The number of carbonyl (C=O) groups is 2. The number of sulfonamides is 1. The second kappa shape index (κ2) is 10.2. The number of ether oxygens (including phenoxy) is 1. The highest BCUT2D eigenvalue weighted by Gasteiger charge is 2.28. The third-order valence-corrected chi connectivity index (χ3v) is 6.88. The molecule has 11 heteroatoms. The number of aromatic nitrogens is 1. The van der Waals surface area contributed by atoms with E-state index in [-0.39, 0.29) is 28.0 Å². The third kappa shape index (κ3) is 5.62. The minimum absolute atomic E-state index is 0.0215. The molecule has 1 aromatic heterocycles. The van der Waals surface area contributed by atoms with Crippen LogP contribution in [0.15, 0.2) is 64.0 Å². The molecule has 3 aromatic rings. The maximum atomic E-state index is 13.1. The zero-order chi connectivity index (χ0) is 25.0. The summed E-state index contributed by atoms with van der Waals surface area (Å²) in [4.78, 5) is 28.8. The number of benzene rings is 2. The van der Waals surface area contributed by atoms with Crippen molar-refractivity contribution in [3.05, 3.63) is 71.6 Å². The average Bonchev–Trinajstić information content (AvgIpc) is 3.31. The molecule has 1 fully saturated rings. The van der Waals surface area contributed by atoms with Crippen LogP contribution in [-0.2, 0) is 10.0 Å². The Hall–Kier alpha value is -3.86. The topological polar surface area (TPSA) is 122 Å². The van der Waals surface area contributed by atoms with Gasteiger partial charge in [0, 0.05) is 43.5 Å². The Kier molecular flexibility index (Phi) is 7.06. The second-order valence-electron chi connectivity index (χ2n) is 8.01. The van der Waals surface area contributed by atoms with Gasteiger partial charge in [-0.1, -0.05) is 11.2 Å². The number of rotatable bonds is 7. The van der Waals surface area contributed by atoms with E-state index in [1.807, 2.05) is 6.92 Å². The van der Waals surface area contributed by atoms with E-state index < -0.39 is 10.0 Å². The molecule has 0 unspecified atom stereocenters. The zero-order valence-corrected chi connectivity index (χ0v) is 20.2. The molecule has 0 saturated carbocycles. The largest absolute Gasteiger partial charge is 0.494 e. The first-order chi connectivity index (χ1) is 16.8. The van der Waals surface area contributed by atoms with Crippen molar-refractivity contribution in [1.82, 2.24) is 15.0 Å². The lowest BCUT2D eigenvalue weighted by Crippen LogP contribution is -2.50. The number of hydrogen-bond donors (Lipinski definition) is 1. The van der Waals surface area contributed by atoms with Crippen LogP contribution in [0.1, 0.15) is 33.5 Å². The van der Waals surface area contributed by atoms with Crippen LogP contribution in [0.4, 0.5) is 5.69 Å². The Balaban J connectivity index is 1.41. The molecule has 0 aliphatic carbocycles. The summed E-state index contributed by atoms with van der Waals surface area (Å²) in [5.41, 5.74) is 1.26. The van der Waals surface area contributed by atoms with Crippen molar-refractivity contribution < 1.29 is 27.3 Å². The minimum atomic E-state index is -3.90. The normalized spacial score (nSPS) is 14.0. The summed E-state index contributed by atoms with van der Waals surface area (Å²) in [6.07, 6.45) is 0. The van der Waals surface area contributed by atoms with E-state index in [4.69, 9.17) is 9.26 Å². The molecular formula is C24H26N4O6S. The van der Waals surface area contributed by atoms with E-state index in [1.54, 1.807) is 53.1 Å². The van der Waals surface area contributed by atoms with Crippen molar-refractivity contribution in [1.29, 1.82) is 0 Å². The van der Waals surface area contributed by atoms with Gasteiger partial charge in [-0.2, -0.15) is 0 Å². The Morgan fingerprint density at radius 1 is 1.00 bits per heavy atom. The van der Waals surface area contributed by atoms with Gasteiger partial charge in [-0.15, -0.1) is 0 Å². The van der Waals surface area contributed by atoms with Crippen molar-refractivity contribution >= 4 is 27.5 Å². The maximum Gasteiger partial charge on any atom is 0.292 e. The van der Waals surface area contributed by atoms with Crippen molar-refractivity contribution in [2.24, 2.45) is 0 Å². The monoisotopic (exact) mass is 498 g/mol. The molecule has 1 N–H and O–H groups in total. The highest BCUT2D eigenvalue weighted by Crippen LogP contribution is 2.21. The fourth-order valence-corrected chi connectivity index (χ4v) is 4.82. The van der Waals surface area contributed by atoms with Crippen LogP contribution in [0.3, 0.4) is 0 Å². The molecule has 4 rings (SSSR count). The number of nitrogens with zero attached hydrogens (tertiary/aromatic N) is 3. The number of piperazine rings is 1. The summed E-state index contributed by atoms with van der Waals surface area (Å²) in [7, 11) is -3.90. The van der Waals surface area contributed by atoms with Crippen molar-refractivity contribution in [2.75, 3.05) is 37.5 Å². The quantitative estimate of drug-likeness (QED) is 0.531. The Morgan fingerprint density at radius 3 is 2.26 bits per heavy atom. The summed E-state index contributed by atoms with van der Waals surface area (Å²) in [6, 6.07) is 14.0. The lowest BCUT2D eigenvalue weighted by molar-refractivity contribution is 0.0512. The second-order valence-corrected chi connectivity index (χ2v) is 9.69. The van der Waals surface area contributed by atoms with Gasteiger partial charge in [0.05, 0.1) is 17.2 Å². The number of amides is 2. The Morgan fingerprint density at radius 2 is 1.66 bits per heavy atom. The van der Waals surface area contributed by atoms with E-state index in [0.29, 0.717) is 49.9 Å². The van der Waals surface area contributed by atoms with Gasteiger partial charge in [-0.3, -0.25) is 14.3 Å². The van der Waals surface area contributed by atoms with E-state index >= 15 is 0 Å². The summed E-state index contributed by atoms with van der Waals surface area (Å²) in [5, 5.41) is 3.73. The molecule has 35 heavy (non-hydrogen) atoms. The molecule has 0 radical (unpaired) electrons. The molecule has 2 amide bonds. The number of nitrogens with one attached hydrogen (secondary N) is 1. The number of carbonyl (C=O) groups excluding carboxylic acids is 2. The van der Waals surface area contributed by atoms with Gasteiger partial charge in [-0.25, -0.2) is 8.42 Å². The number of hydrogen-bond acceptors (Lipinski definition) is 7. The molecule has 10 nitrogen and oxygen atoms in total. The molecule has 1 aliphatic rings. The predicted octanol–water partition coefficient (Wildman–Crippen LogP) is 2.78. The molecule has 2 heterocycles. The molecule has 1 aliphatic heterocycles. The van der Waals surface area contributed by atoms with Gasteiger partial charge < -0.3 is 19.1 Å². The van der Waals surface area contributed by atoms with Crippen LogP contribution in [0, 0.1) is 6.92 Å². The highest BCUT2D eigenvalue weighted by molar-refractivity contribution is 7.92. The molecular weight excluding hydrogens is 472 g/mol. The summed E-state index contributed by atoms with van der Waals surface area (Å²) >= 11 is 0. The number of anilines is 1. The highest BCUT2D eigenvalue weighted by atomic mass is 32.2. The lowest BCUT2D eigenvalue weighted by atomic mass is 10.2. The average molecular weight is 499 g/mol. The van der Waals surface area contributed by atoms with Crippen molar-refractivity contribution in [3.8, 4) is 5.75 Å². The summed E-state index contributed by atoms with van der Waals surface area (Å²) < 4.78 is 38.7. The predicted molar refractivity (Wildman–Crippen MR) is 128 cm³/mol. The van der Waals surface area contributed by atoms with Gasteiger partial charge in [0.25, 0.3) is 21.8 Å². The van der Waals surface area contributed by atoms with Gasteiger partial charge in [0.2, 0.25) is 5.76 Å². The zero-order valence-electron chi connectivity index (χ0n) is 19.4. The first kappa shape index (κ1) is 24.3. The van der Waals surface area contributed by atoms with Gasteiger partial charge >= 0.3 is 0 Å². The van der Waals surface area contributed by atoms with Crippen LogP contribution < -0.4 is 9.46 Å². The van der Waals surface area contributed by atoms with Crippen LogP contribution >= 0.6 is 0 Å². The van der Waals surface area contributed by atoms with E-state index in [9.17, 15) is 18.0 Å². The summed E-state index contributed by atoms with van der Waals surface area (Å²) in [6.45, 7) is 5.42. The van der Waals surface area contributed by atoms with Crippen LogP contribution in [0.25, 0.3) is 0 Å². The molecule has 184 valence electrons. The SMILES string of the molecule is CCOc1ccc(NS(=O)(=O)c2cccc(C(=O)N3CCN(C(=O)c4cc(C)no4)CC3)c2)cc1. The third-order valence-electron chi connectivity index (χ3n) is 5.50. The summed E-state index contributed by atoms with van der Waals surface area (Å²) in [5.74, 6) is 0.234. The fourth-order valence-electron chi connectivity index (χ4n) is 3.71. The molecule has 2 aromatic carbocycles. The van der Waals surface area contributed by atoms with Crippen molar-refractivity contribution in [3.63, 3.8) is 0 Å². The Bertz CT molecular complexity index is 1310. The lowest BCUT2D eigenvalue weighted by Gasteiger charge is -2.34. The van der Waals surface area contributed by atoms with Gasteiger partial charge in [0.1, 0.15) is 5.75 Å². The number of aryl methyl sites for hydroxylation is 1. The molecule has 1 saturated heterocycles. The molecule has 0 atom stereocenters. The maximum absolute atomic E-state index is 13.1. The van der Waals surface area contributed by atoms with E-state index in [0.717, 1.165) is 0 Å². The van der Waals surface area contributed by atoms with E-state index in [1.165, 1.54) is 18.2 Å². The van der Waals surface area contributed by atoms with Gasteiger partial charge in [0.15, 0.2) is 0 Å². The molecule has 0 bridgehead atoms. The van der Waals surface area contributed by atoms with Crippen LogP contribution in [-0.4, -0.2) is 68.0 Å².